The lowest BCUT2D eigenvalue weighted by Crippen LogP contribution is -2.16. The molecule has 0 saturated heterocycles. The highest BCUT2D eigenvalue weighted by Gasteiger charge is 2.29. The van der Waals surface area contributed by atoms with E-state index in [1.165, 1.54) is 6.07 Å². The molecular weight excluding hydrogens is 279 g/mol. The lowest BCUT2D eigenvalue weighted by Gasteiger charge is -2.12. The third kappa shape index (κ3) is 2.38. The number of H-pyrrole nitrogens is 1. The summed E-state index contributed by atoms with van der Waals surface area (Å²) in [6.45, 7) is 1.80. The molecule has 1 heterocycles. The minimum absolute atomic E-state index is 0.189. The van der Waals surface area contributed by atoms with Crippen molar-refractivity contribution < 1.29 is 4.39 Å². The fraction of sp³-hybridized carbons (Fsp3) is 0.385. The third-order valence-electron chi connectivity index (χ3n) is 3.27. The second-order valence-electron chi connectivity index (χ2n) is 4.96. The van der Waals surface area contributed by atoms with Gasteiger partial charge in [-0.15, -0.1) is 5.10 Å². The molecule has 1 saturated carbocycles. The normalized spacial score (nSPS) is 16.4. The summed E-state index contributed by atoms with van der Waals surface area (Å²) in [5, 5.41) is 6.91. The molecule has 20 heavy (non-hydrogen) atoms. The summed E-state index contributed by atoms with van der Waals surface area (Å²) in [6, 6.07) is 4.72. The minimum Gasteiger partial charge on any atom is -0.324 e. The molecule has 1 atom stereocenters. The van der Waals surface area contributed by atoms with Crippen molar-refractivity contribution in [2.45, 2.75) is 41.9 Å². The zero-order valence-electron chi connectivity index (χ0n) is 11.0. The average molecular weight is 294 g/mol. The molecule has 1 fully saturated rings. The van der Waals surface area contributed by atoms with Crippen molar-refractivity contribution in [2.24, 2.45) is 5.73 Å². The van der Waals surface area contributed by atoms with Gasteiger partial charge in [0.25, 0.3) is 0 Å². The molecule has 0 aliphatic heterocycles. The minimum atomic E-state index is -0.345. The maximum atomic E-state index is 14.0. The van der Waals surface area contributed by atoms with Crippen molar-refractivity contribution >= 4 is 11.8 Å². The van der Waals surface area contributed by atoms with Gasteiger partial charge in [0.2, 0.25) is 0 Å². The number of aromatic nitrogens is 3. The van der Waals surface area contributed by atoms with Gasteiger partial charge in [-0.1, -0.05) is 12.1 Å². The fourth-order valence-electron chi connectivity index (χ4n) is 2.10. The van der Waals surface area contributed by atoms with Crippen LogP contribution in [0.1, 0.15) is 37.4 Å². The van der Waals surface area contributed by atoms with Crippen molar-refractivity contribution in [3.05, 3.63) is 40.1 Å². The maximum absolute atomic E-state index is 14.0. The summed E-state index contributed by atoms with van der Waals surface area (Å²) in [5.41, 5.74) is 6.35. The fourth-order valence-corrected chi connectivity index (χ4v) is 3.24. The van der Waals surface area contributed by atoms with E-state index < -0.39 is 0 Å². The number of halogens is 1. The zero-order chi connectivity index (χ0) is 14.3. The van der Waals surface area contributed by atoms with Gasteiger partial charge < -0.3 is 5.73 Å². The van der Waals surface area contributed by atoms with E-state index in [1.54, 1.807) is 23.6 Å². The molecule has 0 radical (unpaired) electrons. The van der Waals surface area contributed by atoms with Crippen molar-refractivity contribution in [3.8, 4) is 0 Å². The largest absolute Gasteiger partial charge is 0.344 e. The Labute approximate surface area is 119 Å². The van der Waals surface area contributed by atoms with Crippen LogP contribution in [0.4, 0.5) is 4.39 Å². The number of nitrogens with one attached hydrogen (secondary N) is 1. The predicted octanol–water partition coefficient (Wildman–Crippen LogP) is 2.22. The molecule has 0 amide bonds. The molecule has 1 aromatic heterocycles. The second kappa shape index (κ2) is 5.06. The van der Waals surface area contributed by atoms with Crippen LogP contribution in [0, 0.1) is 5.82 Å². The van der Waals surface area contributed by atoms with Crippen molar-refractivity contribution in [1.29, 1.82) is 0 Å². The van der Waals surface area contributed by atoms with E-state index in [9.17, 15) is 9.18 Å². The highest BCUT2D eigenvalue weighted by Crippen LogP contribution is 2.39. The number of hydrogen-bond donors (Lipinski definition) is 2. The number of nitrogens with zero attached hydrogens (tertiary/aromatic N) is 2. The van der Waals surface area contributed by atoms with Crippen LogP contribution in [-0.4, -0.2) is 14.8 Å². The topological polar surface area (TPSA) is 76.7 Å². The smallest absolute Gasteiger partial charge is 0.324 e. The summed E-state index contributed by atoms with van der Waals surface area (Å²) < 4.78 is 15.6. The van der Waals surface area contributed by atoms with Gasteiger partial charge in [-0.2, -0.15) is 0 Å². The van der Waals surface area contributed by atoms with Crippen LogP contribution < -0.4 is 11.4 Å². The summed E-state index contributed by atoms with van der Waals surface area (Å²) in [5.74, 6) is -0.345. The van der Waals surface area contributed by atoms with Crippen molar-refractivity contribution in [1.82, 2.24) is 14.8 Å². The number of aromatic amines is 1. The molecule has 5 nitrogen and oxygen atoms in total. The van der Waals surface area contributed by atoms with E-state index in [0.717, 1.165) is 24.6 Å². The van der Waals surface area contributed by atoms with Crippen LogP contribution in [-0.2, 0) is 0 Å². The van der Waals surface area contributed by atoms with Gasteiger partial charge in [-0.25, -0.2) is 14.3 Å². The van der Waals surface area contributed by atoms with Crippen LogP contribution in [0.25, 0.3) is 0 Å². The van der Waals surface area contributed by atoms with E-state index in [2.05, 4.69) is 10.2 Å². The Morgan fingerprint density at radius 2 is 2.30 bits per heavy atom. The van der Waals surface area contributed by atoms with Gasteiger partial charge in [0, 0.05) is 12.1 Å². The van der Waals surface area contributed by atoms with Gasteiger partial charge in [0.15, 0.2) is 5.16 Å². The van der Waals surface area contributed by atoms with Crippen LogP contribution in [0.5, 0.6) is 0 Å². The van der Waals surface area contributed by atoms with Gasteiger partial charge >= 0.3 is 5.69 Å². The molecule has 0 spiro atoms. The Balaban J connectivity index is 2.02. The maximum Gasteiger partial charge on any atom is 0.344 e. The predicted molar refractivity (Wildman–Crippen MR) is 74.2 cm³/mol. The highest BCUT2D eigenvalue weighted by molar-refractivity contribution is 7.99. The zero-order valence-corrected chi connectivity index (χ0v) is 11.8. The van der Waals surface area contributed by atoms with Crippen molar-refractivity contribution in [3.63, 3.8) is 0 Å². The van der Waals surface area contributed by atoms with Crippen molar-refractivity contribution in [2.75, 3.05) is 0 Å². The van der Waals surface area contributed by atoms with E-state index in [0.29, 0.717) is 15.6 Å². The molecule has 1 aliphatic carbocycles. The van der Waals surface area contributed by atoms with E-state index in [1.807, 2.05) is 0 Å². The highest BCUT2D eigenvalue weighted by atomic mass is 32.2. The number of hydrogen-bond acceptors (Lipinski definition) is 4. The van der Waals surface area contributed by atoms with Gasteiger partial charge in [0.05, 0.1) is 4.90 Å². The summed E-state index contributed by atoms with van der Waals surface area (Å²) in [7, 11) is 0. The molecule has 2 aromatic rings. The first-order valence-corrected chi connectivity index (χ1v) is 7.28. The number of nitrogens with two attached hydrogens (primary N) is 1. The average Bonchev–Trinajstić information content (AvgIpc) is 3.17. The first-order chi connectivity index (χ1) is 9.58. The summed E-state index contributed by atoms with van der Waals surface area (Å²) >= 11 is 1.15. The lowest BCUT2D eigenvalue weighted by molar-refractivity contribution is 0.589. The lowest BCUT2D eigenvalue weighted by atomic mass is 10.1. The Hall–Kier alpha value is -1.60. The second-order valence-corrected chi connectivity index (χ2v) is 5.94. The number of rotatable bonds is 4. The molecule has 0 bridgehead atoms. The molecule has 3 N–H and O–H groups in total. The Kier molecular flexibility index (Phi) is 3.39. The molecule has 7 heteroatoms. The first-order valence-electron chi connectivity index (χ1n) is 6.46. The van der Waals surface area contributed by atoms with E-state index in [-0.39, 0.29) is 23.6 Å². The summed E-state index contributed by atoms with van der Waals surface area (Å²) in [4.78, 5) is 12.2. The van der Waals surface area contributed by atoms with Gasteiger partial charge in [-0.3, -0.25) is 4.57 Å². The number of benzene rings is 1. The standard InChI is InChI=1S/C13H15FN4OS/c1-7(15)9-3-2-4-10(14)11(9)20-13-17-16-12(19)18(13)8-5-6-8/h2-4,7-8H,5-6,15H2,1H3,(H,16,19). The Bertz CT molecular complexity index is 690. The quantitative estimate of drug-likeness (QED) is 0.906. The molecule has 106 valence electrons. The molecular formula is C13H15FN4OS. The first kappa shape index (κ1) is 13.4. The Morgan fingerprint density at radius 3 is 2.95 bits per heavy atom. The van der Waals surface area contributed by atoms with Crippen LogP contribution in [0.15, 0.2) is 33.0 Å². The molecule has 1 aliphatic rings. The Morgan fingerprint density at radius 1 is 1.55 bits per heavy atom. The molecule has 1 unspecified atom stereocenters. The third-order valence-corrected chi connectivity index (χ3v) is 4.37. The summed E-state index contributed by atoms with van der Waals surface area (Å²) in [6.07, 6.45) is 1.93. The van der Waals surface area contributed by atoms with E-state index >= 15 is 0 Å². The van der Waals surface area contributed by atoms with Crippen LogP contribution in [0.3, 0.4) is 0 Å². The molecule has 1 aromatic carbocycles. The molecule has 3 rings (SSSR count). The monoisotopic (exact) mass is 294 g/mol. The van der Waals surface area contributed by atoms with E-state index in [4.69, 9.17) is 5.73 Å². The van der Waals surface area contributed by atoms with Crippen LogP contribution in [0.2, 0.25) is 0 Å². The SMILES string of the molecule is CC(N)c1cccc(F)c1Sc1n[nH]c(=O)n1C1CC1. The van der Waals surface area contributed by atoms with Gasteiger partial charge in [0.1, 0.15) is 5.82 Å². The van der Waals surface area contributed by atoms with Crippen LogP contribution >= 0.6 is 11.8 Å². The van der Waals surface area contributed by atoms with Gasteiger partial charge in [-0.05, 0) is 43.2 Å².